The molecule has 1 unspecified atom stereocenters. The number of hydrogen-bond acceptors (Lipinski definition) is 1. The Balaban J connectivity index is 2.22. The number of benzene rings is 1. The van der Waals surface area contributed by atoms with Crippen molar-refractivity contribution in [1.29, 1.82) is 0 Å². The SMILES string of the molecule is CCNC(/C1=C/CCCCCC1)c1cccc(I)c1. The van der Waals surface area contributed by atoms with Gasteiger partial charge in [0, 0.05) is 3.57 Å². The maximum atomic E-state index is 3.67. The molecule has 2 heteroatoms. The summed E-state index contributed by atoms with van der Waals surface area (Å²) in [6, 6.07) is 9.32. The van der Waals surface area contributed by atoms with Gasteiger partial charge < -0.3 is 5.32 Å². The van der Waals surface area contributed by atoms with E-state index in [2.05, 4.69) is 65.2 Å². The van der Waals surface area contributed by atoms with Crippen LogP contribution < -0.4 is 5.32 Å². The van der Waals surface area contributed by atoms with Gasteiger partial charge in [0.2, 0.25) is 0 Å². The molecule has 1 aliphatic rings. The molecule has 0 saturated heterocycles. The third-order valence-corrected chi connectivity index (χ3v) is 4.46. The fraction of sp³-hybridized carbons (Fsp3) is 0.529. The van der Waals surface area contributed by atoms with Crippen molar-refractivity contribution < 1.29 is 0 Å². The molecule has 0 fully saturated rings. The minimum absolute atomic E-state index is 0.415. The van der Waals surface area contributed by atoms with Crippen LogP contribution in [0.4, 0.5) is 0 Å². The molecular formula is C17H24IN. The summed E-state index contributed by atoms with van der Waals surface area (Å²) in [7, 11) is 0. The first-order chi connectivity index (χ1) is 9.31. The van der Waals surface area contributed by atoms with E-state index < -0.39 is 0 Å². The van der Waals surface area contributed by atoms with Gasteiger partial charge in [-0.2, -0.15) is 0 Å². The number of likely N-dealkylation sites (N-methyl/N-ethyl adjacent to an activating group) is 1. The summed E-state index contributed by atoms with van der Waals surface area (Å²) in [5, 5.41) is 3.67. The molecule has 0 radical (unpaired) electrons. The third kappa shape index (κ3) is 4.60. The normalized spacial score (nSPS) is 21.1. The lowest BCUT2D eigenvalue weighted by molar-refractivity contribution is 0.554. The van der Waals surface area contributed by atoms with E-state index in [9.17, 15) is 0 Å². The van der Waals surface area contributed by atoms with Crippen LogP contribution in [0.25, 0.3) is 0 Å². The molecule has 19 heavy (non-hydrogen) atoms. The maximum absolute atomic E-state index is 3.67. The lowest BCUT2D eigenvalue weighted by Crippen LogP contribution is -2.23. The van der Waals surface area contributed by atoms with Crippen molar-refractivity contribution in [1.82, 2.24) is 5.32 Å². The average Bonchev–Trinajstić information content (AvgIpc) is 2.36. The molecule has 2 rings (SSSR count). The van der Waals surface area contributed by atoms with Crippen molar-refractivity contribution in [2.75, 3.05) is 6.54 Å². The van der Waals surface area contributed by atoms with Crippen LogP contribution in [0.5, 0.6) is 0 Å². The van der Waals surface area contributed by atoms with Gasteiger partial charge in [-0.25, -0.2) is 0 Å². The fourth-order valence-corrected chi connectivity index (χ4v) is 3.40. The highest BCUT2D eigenvalue weighted by Gasteiger charge is 2.16. The van der Waals surface area contributed by atoms with Gasteiger partial charge in [-0.15, -0.1) is 0 Å². The summed E-state index contributed by atoms with van der Waals surface area (Å²) < 4.78 is 1.32. The Morgan fingerprint density at radius 2 is 2.05 bits per heavy atom. The van der Waals surface area contributed by atoms with Gasteiger partial charge in [0.1, 0.15) is 0 Å². The molecule has 1 nitrogen and oxygen atoms in total. The predicted octanol–water partition coefficient (Wildman–Crippen LogP) is 5.22. The molecular weight excluding hydrogens is 345 g/mol. The van der Waals surface area contributed by atoms with E-state index in [4.69, 9.17) is 0 Å². The van der Waals surface area contributed by atoms with E-state index >= 15 is 0 Å². The minimum Gasteiger partial charge on any atom is -0.307 e. The zero-order valence-corrected chi connectivity index (χ0v) is 13.9. The second-order valence-electron chi connectivity index (χ2n) is 5.28. The first-order valence-corrected chi connectivity index (χ1v) is 8.57. The van der Waals surface area contributed by atoms with E-state index in [0.29, 0.717) is 6.04 Å². The highest BCUT2D eigenvalue weighted by atomic mass is 127. The van der Waals surface area contributed by atoms with Crippen molar-refractivity contribution in [3.8, 4) is 0 Å². The zero-order valence-electron chi connectivity index (χ0n) is 11.8. The zero-order chi connectivity index (χ0) is 13.5. The van der Waals surface area contributed by atoms with Gasteiger partial charge in [0.15, 0.2) is 0 Å². The second kappa shape index (κ2) is 8.05. The molecule has 0 aliphatic heterocycles. The summed E-state index contributed by atoms with van der Waals surface area (Å²) in [5.74, 6) is 0. The summed E-state index contributed by atoms with van der Waals surface area (Å²) in [6.07, 6.45) is 10.5. The molecule has 0 aromatic heterocycles. The standard InChI is InChI=1S/C17H24IN/c1-2-19-17(15-11-8-12-16(18)13-15)14-9-6-4-3-5-7-10-14/h8-9,11-13,17,19H,2-7,10H2,1H3/b14-9+. The third-order valence-electron chi connectivity index (χ3n) is 3.79. The highest BCUT2D eigenvalue weighted by Crippen LogP contribution is 2.29. The van der Waals surface area contributed by atoms with Crippen LogP contribution in [0, 0.1) is 3.57 Å². The molecule has 104 valence electrons. The monoisotopic (exact) mass is 369 g/mol. The van der Waals surface area contributed by atoms with Crippen molar-refractivity contribution in [3.63, 3.8) is 0 Å². The van der Waals surface area contributed by atoms with Crippen molar-refractivity contribution in [3.05, 3.63) is 45.0 Å². The van der Waals surface area contributed by atoms with Gasteiger partial charge >= 0.3 is 0 Å². The topological polar surface area (TPSA) is 12.0 Å². The molecule has 1 atom stereocenters. The summed E-state index contributed by atoms with van der Waals surface area (Å²) >= 11 is 2.40. The average molecular weight is 369 g/mol. The Bertz CT molecular complexity index is 425. The van der Waals surface area contributed by atoms with Gasteiger partial charge in [0.05, 0.1) is 6.04 Å². The van der Waals surface area contributed by atoms with Crippen molar-refractivity contribution in [2.24, 2.45) is 0 Å². The van der Waals surface area contributed by atoms with Crippen LogP contribution >= 0.6 is 22.6 Å². The van der Waals surface area contributed by atoms with Gasteiger partial charge in [0.25, 0.3) is 0 Å². The quantitative estimate of drug-likeness (QED) is 0.567. The Labute approximate surface area is 131 Å². The predicted molar refractivity (Wildman–Crippen MR) is 91.4 cm³/mol. The van der Waals surface area contributed by atoms with Crippen molar-refractivity contribution in [2.45, 2.75) is 51.5 Å². The lowest BCUT2D eigenvalue weighted by Gasteiger charge is -2.24. The van der Waals surface area contributed by atoms with Crippen LogP contribution in [0.2, 0.25) is 0 Å². The first-order valence-electron chi connectivity index (χ1n) is 7.49. The number of nitrogens with one attached hydrogen (secondary N) is 1. The number of allylic oxidation sites excluding steroid dienone is 1. The molecule has 1 aromatic carbocycles. The van der Waals surface area contributed by atoms with Crippen LogP contribution in [0.1, 0.15) is 57.1 Å². The van der Waals surface area contributed by atoms with Crippen LogP contribution in [0.15, 0.2) is 35.9 Å². The molecule has 1 N–H and O–H groups in total. The fourth-order valence-electron chi connectivity index (χ4n) is 2.83. The smallest absolute Gasteiger partial charge is 0.0536 e. The Kier molecular flexibility index (Phi) is 6.38. The van der Waals surface area contributed by atoms with E-state index in [1.54, 1.807) is 5.57 Å². The maximum Gasteiger partial charge on any atom is 0.0536 e. The number of rotatable bonds is 4. The van der Waals surface area contributed by atoms with E-state index in [1.807, 2.05) is 0 Å². The second-order valence-corrected chi connectivity index (χ2v) is 6.52. The molecule has 0 amide bonds. The Morgan fingerprint density at radius 3 is 2.84 bits per heavy atom. The molecule has 1 aliphatic carbocycles. The van der Waals surface area contributed by atoms with Crippen LogP contribution in [0.3, 0.4) is 0 Å². The van der Waals surface area contributed by atoms with E-state index in [-0.39, 0.29) is 0 Å². The van der Waals surface area contributed by atoms with Crippen molar-refractivity contribution >= 4 is 22.6 Å². The van der Waals surface area contributed by atoms with Gasteiger partial charge in [-0.05, 0) is 72.5 Å². The van der Waals surface area contributed by atoms with E-state index in [0.717, 1.165) is 6.54 Å². The highest BCUT2D eigenvalue weighted by molar-refractivity contribution is 14.1. The number of hydrogen-bond donors (Lipinski definition) is 1. The largest absolute Gasteiger partial charge is 0.307 e. The molecule has 0 saturated carbocycles. The molecule has 0 heterocycles. The van der Waals surface area contributed by atoms with Crippen LogP contribution in [-0.2, 0) is 0 Å². The lowest BCUT2D eigenvalue weighted by atomic mass is 9.91. The molecule has 0 spiro atoms. The minimum atomic E-state index is 0.415. The van der Waals surface area contributed by atoms with Crippen LogP contribution in [-0.4, -0.2) is 6.54 Å². The summed E-state index contributed by atoms with van der Waals surface area (Å²) in [6.45, 7) is 3.22. The summed E-state index contributed by atoms with van der Waals surface area (Å²) in [5.41, 5.74) is 3.02. The molecule has 1 aromatic rings. The summed E-state index contributed by atoms with van der Waals surface area (Å²) in [4.78, 5) is 0. The molecule has 0 bridgehead atoms. The number of halogens is 1. The van der Waals surface area contributed by atoms with Gasteiger partial charge in [-0.3, -0.25) is 0 Å². The van der Waals surface area contributed by atoms with Gasteiger partial charge in [-0.1, -0.05) is 43.5 Å². The van der Waals surface area contributed by atoms with E-state index in [1.165, 1.54) is 47.7 Å². The first kappa shape index (κ1) is 15.0. The Hall–Kier alpha value is -0.350. The Morgan fingerprint density at radius 1 is 1.21 bits per heavy atom.